The molecule has 0 spiro atoms. The summed E-state index contributed by atoms with van der Waals surface area (Å²) in [4.78, 5) is 14.5. The molecule has 0 bridgehead atoms. The van der Waals surface area contributed by atoms with Gasteiger partial charge in [0.15, 0.2) is 0 Å². The van der Waals surface area contributed by atoms with E-state index in [4.69, 9.17) is 10.1 Å². The quantitative estimate of drug-likeness (QED) is 0.108. The van der Waals surface area contributed by atoms with Gasteiger partial charge in [0.05, 0.1) is 11.4 Å². The van der Waals surface area contributed by atoms with Gasteiger partial charge >= 0.3 is 0 Å². The summed E-state index contributed by atoms with van der Waals surface area (Å²) in [6, 6.07) is 17.0. The minimum absolute atomic E-state index is 0.00717. The number of rotatable bonds is 12. The Labute approximate surface area is 204 Å². The van der Waals surface area contributed by atoms with Crippen LogP contribution >= 0.6 is 11.3 Å². The number of thiophene rings is 1. The van der Waals surface area contributed by atoms with E-state index in [2.05, 4.69) is 59.2 Å². The predicted octanol–water partition coefficient (Wildman–Crippen LogP) is 5.06. The van der Waals surface area contributed by atoms with Gasteiger partial charge in [0.2, 0.25) is 11.8 Å². The third kappa shape index (κ3) is 7.17. The Morgan fingerprint density at radius 3 is 2.56 bits per heavy atom. The number of ether oxygens (including phenoxy) is 1. The minimum atomic E-state index is -0.311. The van der Waals surface area contributed by atoms with Gasteiger partial charge in [-0.3, -0.25) is 15.1 Å². The molecule has 0 saturated carbocycles. The monoisotopic (exact) mass is 478 g/mol. The average molecular weight is 479 g/mol. The maximum atomic E-state index is 11.5. The first-order valence-corrected chi connectivity index (χ1v) is 11.9. The van der Waals surface area contributed by atoms with Crippen LogP contribution in [0.25, 0.3) is 0 Å². The van der Waals surface area contributed by atoms with Crippen LogP contribution in [-0.4, -0.2) is 29.8 Å². The number of nitrogens with zero attached hydrogens (tertiary/aromatic N) is 1. The first-order chi connectivity index (χ1) is 16.5. The number of carbonyl (C=O) groups is 1. The molecule has 178 valence electrons. The van der Waals surface area contributed by atoms with Crippen LogP contribution < -0.4 is 26.4 Å². The van der Waals surface area contributed by atoms with Crippen molar-refractivity contribution in [2.75, 3.05) is 29.3 Å². The Balaban J connectivity index is 1.54. The zero-order valence-electron chi connectivity index (χ0n) is 19.4. The molecule has 0 aliphatic carbocycles. The third-order valence-corrected chi connectivity index (χ3v) is 5.95. The second-order valence-corrected chi connectivity index (χ2v) is 8.27. The molecule has 2 aromatic carbocycles. The van der Waals surface area contributed by atoms with Crippen molar-refractivity contribution in [3.8, 4) is 5.75 Å². The van der Waals surface area contributed by atoms with E-state index in [1.165, 1.54) is 23.0 Å². The Bertz CT molecular complexity index is 1110. The van der Waals surface area contributed by atoms with Gasteiger partial charge in [-0.15, -0.1) is 11.3 Å². The molecule has 1 amide bonds. The van der Waals surface area contributed by atoms with Crippen molar-refractivity contribution in [1.82, 2.24) is 10.4 Å². The average Bonchev–Trinajstić information content (AvgIpc) is 3.32. The maximum Gasteiger partial charge on any atom is 0.247 e. The number of benzene rings is 2. The number of carbonyl (C=O) groups excluding carboxylic acids is 1. The molecule has 5 N–H and O–H groups in total. The summed E-state index contributed by atoms with van der Waals surface area (Å²) < 4.78 is 5.71. The lowest BCUT2D eigenvalue weighted by Crippen LogP contribution is -2.29. The highest BCUT2D eigenvalue weighted by molar-refractivity contribution is 7.12. The summed E-state index contributed by atoms with van der Waals surface area (Å²) in [6.07, 6.45) is 1.20. The Hall–Kier alpha value is -3.66. The van der Waals surface area contributed by atoms with Crippen molar-refractivity contribution in [2.45, 2.75) is 20.4 Å². The lowest BCUT2D eigenvalue weighted by molar-refractivity contribution is -0.111. The molecule has 1 aromatic heterocycles. The van der Waals surface area contributed by atoms with E-state index in [0.29, 0.717) is 22.0 Å². The molecule has 3 rings (SSSR count). The van der Waals surface area contributed by atoms with Crippen LogP contribution in [0.4, 0.5) is 17.1 Å². The second-order valence-electron chi connectivity index (χ2n) is 7.35. The molecule has 0 fully saturated rings. The minimum Gasteiger partial charge on any atom is -0.438 e. The molecule has 0 atom stereocenters. The predicted molar refractivity (Wildman–Crippen MR) is 140 cm³/mol. The number of nitrogens with one attached hydrogen (secondary N) is 5. The van der Waals surface area contributed by atoms with Gasteiger partial charge < -0.3 is 20.9 Å². The van der Waals surface area contributed by atoms with Crippen LogP contribution in [0.1, 0.15) is 24.3 Å². The van der Waals surface area contributed by atoms with Gasteiger partial charge in [-0.1, -0.05) is 38.6 Å². The first-order valence-electron chi connectivity index (χ1n) is 11.0. The van der Waals surface area contributed by atoms with Gasteiger partial charge in [0.25, 0.3) is 0 Å². The molecule has 0 saturated heterocycles. The molecule has 8 nitrogen and oxygen atoms in total. The van der Waals surface area contributed by atoms with Crippen molar-refractivity contribution >= 4 is 40.2 Å². The largest absolute Gasteiger partial charge is 0.438 e. The van der Waals surface area contributed by atoms with Crippen molar-refractivity contribution < 1.29 is 9.53 Å². The molecule has 9 heteroatoms. The lowest BCUT2D eigenvalue weighted by atomic mass is 10.2. The molecule has 0 unspecified atom stereocenters. The Kier molecular flexibility index (Phi) is 9.21. The molecule has 0 radical (unpaired) electrons. The van der Waals surface area contributed by atoms with Crippen molar-refractivity contribution in [1.29, 1.82) is 5.41 Å². The molecule has 3 aromatic rings. The summed E-state index contributed by atoms with van der Waals surface area (Å²) in [5.41, 5.74) is 12.6. The molecule has 0 aliphatic heterocycles. The number of hydrogen-bond acceptors (Lipinski definition) is 8. The van der Waals surface area contributed by atoms with Crippen LogP contribution in [0.2, 0.25) is 0 Å². The summed E-state index contributed by atoms with van der Waals surface area (Å²) in [7, 11) is 0. The van der Waals surface area contributed by atoms with E-state index in [0.717, 1.165) is 25.3 Å². The van der Waals surface area contributed by atoms with E-state index >= 15 is 0 Å². The summed E-state index contributed by atoms with van der Waals surface area (Å²) in [6.45, 7) is 10.8. The smallest absolute Gasteiger partial charge is 0.247 e. The van der Waals surface area contributed by atoms with Gasteiger partial charge in [-0.2, -0.15) is 5.53 Å². The van der Waals surface area contributed by atoms with E-state index in [1.807, 2.05) is 23.6 Å². The topological polar surface area (TPSA) is 102 Å². The normalized spacial score (nSPS) is 10.6. The lowest BCUT2D eigenvalue weighted by Gasteiger charge is -2.18. The zero-order valence-corrected chi connectivity index (χ0v) is 20.2. The first kappa shape index (κ1) is 25.0. The number of anilines is 3. The third-order valence-electron chi connectivity index (χ3n) is 5.04. The van der Waals surface area contributed by atoms with Crippen molar-refractivity contribution in [2.24, 2.45) is 0 Å². The van der Waals surface area contributed by atoms with Crippen molar-refractivity contribution in [3.63, 3.8) is 0 Å². The number of hydrogen-bond donors (Lipinski definition) is 5. The summed E-state index contributed by atoms with van der Waals surface area (Å²) in [5, 5.41) is 12.9. The SMILES string of the molecule is C=CC(=O)Nc1cccc(OC(=N)c2sccc2NNNc2ccc(CN(CC)CC)cc2)c1. The fraction of sp³-hybridized carbons (Fsp3) is 0.200. The molecule has 0 aliphatic rings. The number of hydrazine groups is 2. The van der Waals surface area contributed by atoms with Crippen LogP contribution in [0.5, 0.6) is 5.75 Å². The second kappa shape index (κ2) is 12.5. The number of amides is 1. The maximum absolute atomic E-state index is 11.5. The van der Waals surface area contributed by atoms with Gasteiger partial charge in [0, 0.05) is 18.3 Å². The molecular weight excluding hydrogens is 448 g/mol. The Morgan fingerprint density at radius 1 is 1.09 bits per heavy atom. The van der Waals surface area contributed by atoms with Gasteiger partial charge in [0.1, 0.15) is 10.6 Å². The standard InChI is InChI=1S/C25H30N6O2S/c1-4-23(32)27-20-8-7-9-21(16-20)33-25(26)24-22(14-15-34-24)29-30-28-19-12-10-18(11-13-19)17-31(5-2)6-3/h4,7-16,26,28-30H,1,5-6,17H2,2-3H3,(H,27,32). The van der Waals surface area contributed by atoms with Gasteiger partial charge in [-0.25, -0.2) is 0 Å². The van der Waals surface area contributed by atoms with Crippen LogP contribution in [0, 0.1) is 5.41 Å². The van der Waals surface area contributed by atoms with Gasteiger partial charge in [-0.05, 0) is 60.4 Å². The van der Waals surface area contributed by atoms with Crippen LogP contribution in [0.3, 0.4) is 0 Å². The van der Waals surface area contributed by atoms with E-state index in [9.17, 15) is 4.79 Å². The highest BCUT2D eigenvalue weighted by Gasteiger charge is 2.13. The Morgan fingerprint density at radius 2 is 1.85 bits per heavy atom. The zero-order chi connectivity index (χ0) is 24.3. The highest BCUT2D eigenvalue weighted by Crippen LogP contribution is 2.25. The van der Waals surface area contributed by atoms with E-state index in [1.54, 1.807) is 24.3 Å². The summed E-state index contributed by atoms with van der Waals surface area (Å²) in [5.74, 6) is 0.128. The summed E-state index contributed by atoms with van der Waals surface area (Å²) >= 11 is 1.39. The van der Waals surface area contributed by atoms with E-state index in [-0.39, 0.29) is 11.8 Å². The fourth-order valence-electron chi connectivity index (χ4n) is 3.15. The van der Waals surface area contributed by atoms with Crippen LogP contribution in [0.15, 0.2) is 72.6 Å². The molecule has 1 heterocycles. The van der Waals surface area contributed by atoms with E-state index < -0.39 is 0 Å². The fourth-order valence-corrected chi connectivity index (χ4v) is 3.88. The molecular formula is C25H30N6O2S. The highest BCUT2D eigenvalue weighted by atomic mass is 32.1. The van der Waals surface area contributed by atoms with Crippen molar-refractivity contribution in [3.05, 3.63) is 83.1 Å². The van der Waals surface area contributed by atoms with Crippen LogP contribution in [-0.2, 0) is 11.3 Å². The molecule has 34 heavy (non-hydrogen) atoms.